The van der Waals surface area contributed by atoms with Gasteiger partial charge in [-0.2, -0.15) is 0 Å². The number of rotatable bonds is 5. The number of ether oxygens (including phenoxy) is 1. The van der Waals surface area contributed by atoms with Gasteiger partial charge in [0.1, 0.15) is 11.6 Å². The van der Waals surface area contributed by atoms with E-state index in [0.717, 1.165) is 6.07 Å². The Morgan fingerprint density at radius 3 is 2.72 bits per heavy atom. The zero-order chi connectivity index (χ0) is 13.7. The highest BCUT2D eigenvalue weighted by molar-refractivity contribution is 5.95. The smallest absolute Gasteiger partial charge is 0.254 e. The minimum atomic E-state index is -0.657. The van der Waals surface area contributed by atoms with Crippen LogP contribution in [0.5, 0.6) is 5.75 Å². The third-order valence-electron chi connectivity index (χ3n) is 2.41. The first kappa shape index (κ1) is 14.2. The van der Waals surface area contributed by atoms with Crippen LogP contribution in [-0.4, -0.2) is 45.1 Å². The standard InChI is InChI=1S/C12H18FN3O2/c1-16(2)5-4-15-12(17)8-6-11(18-3)10(14)7-9(8)13/h6-7H,4-5,14H2,1-3H3,(H,15,17). The van der Waals surface area contributed by atoms with Crippen molar-refractivity contribution in [2.75, 3.05) is 40.0 Å². The number of nitrogens with one attached hydrogen (secondary N) is 1. The zero-order valence-electron chi connectivity index (χ0n) is 10.8. The number of halogens is 1. The highest BCUT2D eigenvalue weighted by atomic mass is 19.1. The Labute approximate surface area is 106 Å². The fraction of sp³-hybridized carbons (Fsp3) is 0.417. The molecule has 1 amide bonds. The molecule has 0 aromatic heterocycles. The molecule has 0 fully saturated rings. The minimum absolute atomic E-state index is 0.0696. The number of amides is 1. The number of nitrogens with zero attached hydrogens (tertiary/aromatic N) is 1. The summed E-state index contributed by atoms with van der Waals surface area (Å²) < 4.78 is 18.5. The molecule has 0 aliphatic rings. The van der Waals surface area contributed by atoms with Crippen molar-refractivity contribution in [2.24, 2.45) is 0 Å². The van der Waals surface area contributed by atoms with E-state index in [4.69, 9.17) is 10.5 Å². The highest BCUT2D eigenvalue weighted by Gasteiger charge is 2.14. The van der Waals surface area contributed by atoms with Gasteiger partial charge in [0.05, 0.1) is 18.4 Å². The molecule has 0 spiro atoms. The van der Waals surface area contributed by atoms with Crippen molar-refractivity contribution < 1.29 is 13.9 Å². The van der Waals surface area contributed by atoms with Crippen LogP contribution in [0, 0.1) is 5.82 Å². The number of likely N-dealkylation sites (N-methyl/N-ethyl adjacent to an activating group) is 1. The average Bonchev–Trinajstić information content (AvgIpc) is 2.28. The molecule has 3 N–H and O–H groups in total. The highest BCUT2D eigenvalue weighted by Crippen LogP contribution is 2.24. The molecular formula is C12H18FN3O2. The predicted molar refractivity (Wildman–Crippen MR) is 68.3 cm³/mol. The summed E-state index contributed by atoms with van der Waals surface area (Å²) in [5.74, 6) is -0.850. The predicted octanol–water partition coefficient (Wildman–Crippen LogP) is 0.708. The molecule has 0 radical (unpaired) electrons. The van der Waals surface area contributed by atoms with Gasteiger partial charge in [0.2, 0.25) is 0 Å². The van der Waals surface area contributed by atoms with Crippen molar-refractivity contribution in [3.63, 3.8) is 0 Å². The summed E-state index contributed by atoms with van der Waals surface area (Å²) in [4.78, 5) is 13.7. The van der Waals surface area contributed by atoms with Gasteiger partial charge in [-0.1, -0.05) is 0 Å². The number of hydrogen-bond acceptors (Lipinski definition) is 4. The molecule has 0 saturated carbocycles. The normalized spacial score (nSPS) is 10.5. The summed E-state index contributed by atoms with van der Waals surface area (Å²) >= 11 is 0. The van der Waals surface area contributed by atoms with Crippen LogP contribution < -0.4 is 15.8 Å². The molecule has 18 heavy (non-hydrogen) atoms. The number of carbonyl (C=O) groups excluding carboxylic acids is 1. The van der Waals surface area contributed by atoms with Crippen molar-refractivity contribution in [3.8, 4) is 5.75 Å². The summed E-state index contributed by atoms with van der Waals surface area (Å²) in [6.07, 6.45) is 0. The molecule has 5 nitrogen and oxygen atoms in total. The van der Waals surface area contributed by atoms with Gasteiger partial charge in [-0.25, -0.2) is 4.39 Å². The van der Waals surface area contributed by atoms with E-state index in [1.165, 1.54) is 13.2 Å². The monoisotopic (exact) mass is 255 g/mol. The van der Waals surface area contributed by atoms with Crippen LogP contribution in [0.1, 0.15) is 10.4 Å². The van der Waals surface area contributed by atoms with E-state index in [-0.39, 0.29) is 17.0 Å². The fourth-order valence-electron chi connectivity index (χ4n) is 1.41. The van der Waals surface area contributed by atoms with Gasteiger partial charge < -0.3 is 20.7 Å². The Morgan fingerprint density at radius 2 is 2.17 bits per heavy atom. The first-order valence-corrected chi connectivity index (χ1v) is 5.51. The second-order valence-electron chi connectivity index (χ2n) is 4.13. The third-order valence-corrected chi connectivity index (χ3v) is 2.41. The van der Waals surface area contributed by atoms with E-state index in [2.05, 4.69) is 5.32 Å². The van der Waals surface area contributed by atoms with Gasteiger partial charge >= 0.3 is 0 Å². The summed E-state index contributed by atoms with van der Waals surface area (Å²) in [6, 6.07) is 2.38. The maximum Gasteiger partial charge on any atom is 0.254 e. The van der Waals surface area contributed by atoms with Gasteiger partial charge in [0.25, 0.3) is 5.91 Å². The van der Waals surface area contributed by atoms with Gasteiger partial charge in [-0.15, -0.1) is 0 Å². The van der Waals surface area contributed by atoms with Crippen LogP contribution in [0.4, 0.5) is 10.1 Å². The Hall–Kier alpha value is -1.82. The summed E-state index contributed by atoms with van der Waals surface area (Å²) in [5.41, 5.74) is 5.63. The third kappa shape index (κ3) is 3.59. The van der Waals surface area contributed by atoms with Crippen LogP contribution in [0.2, 0.25) is 0 Å². The number of hydrogen-bond donors (Lipinski definition) is 2. The lowest BCUT2D eigenvalue weighted by molar-refractivity contribution is 0.0946. The molecule has 0 unspecified atom stereocenters. The molecule has 0 atom stereocenters. The molecular weight excluding hydrogens is 237 g/mol. The van der Waals surface area contributed by atoms with E-state index in [1.807, 2.05) is 19.0 Å². The number of anilines is 1. The molecule has 6 heteroatoms. The van der Waals surface area contributed by atoms with Gasteiger partial charge in [0.15, 0.2) is 0 Å². The topological polar surface area (TPSA) is 67.6 Å². The largest absolute Gasteiger partial charge is 0.495 e. The Balaban J connectivity index is 2.79. The van der Waals surface area contributed by atoms with E-state index in [0.29, 0.717) is 13.1 Å². The molecule has 0 aliphatic carbocycles. The maximum absolute atomic E-state index is 13.6. The lowest BCUT2D eigenvalue weighted by Crippen LogP contribution is -2.31. The minimum Gasteiger partial charge on any atom is -0.495 e. The van der Waals surface area contributed by atoms with Crippen LogP contribution in [0.3, 0.4) is 0 Å². The maximum atomic E-state index is 13.6. The van der Waals surface area contributed by atoms with Gasteiger partial charge in [-0.05, 0) is 20.2 Å². The van der Waals surface area contributed by atoms with Gasteiger partial charge in [-0.3, -0.25) is 4.79 Å². The molecule has 1 aromatic carbocycles. The SMILES string of the molecule is COc1cc(C(=O)NCCN(C)C)c(F)cc1N. The van der Waals surface area contributed by atoms with Crippen molar-refractivity contribution in [1.82, 2.24) is 10.2 Å². The molecule has 0 saturated heterocycles. The summed E-state index contributed by atoms with van der Waals surface area (Å²) in [6.45, 7) is 1.12. The van der Waals surface area contributed by atoms with Crippen molar-refractivity contribution >= 4 is 11.6 Å². The number of nitrogens with two attached hydrogens (primary N) is 1. The second-order valence-corrected chi connectivity index (χ2v) is 4.13. The van der Waals surface area contributed by atoms with Crippen LogP contribution in [0.25, 0.3) is 0 Å². The molecule has 0 heterocycles. The first-order valence-electron chi connectivity index (χ1n) is 5.51. The number of methoxy groups -OCH3 is 1. The summed E-state index contributed by atoms with van der Waals surface area (Å²) in [7, 11) is 5.19. The molecule has 0 bridgehead atoms. The second kappa shape index (κ2) is 6.20. The van der Waals surface area contributed by atoms with Crippen molar-refractivity contribution in [3.05, 3.63) is 23.5 Å². The number of benzene rings is 1. The molecule has 100 valence electrons. The quantitative estimate of drug-likeness (QED) is 0.760. The summed E-state index contributed by atoms with van der Waals surface area (Å²) in [5, 5.41) is 2.62. The lowest BCUT2D eigenvalue weighted by atomic mass is 10.1. The van der Waals surface area contributed by atoms with E-state index >= 15 is 0 Å². The molecule has 1 rings (SSSR count). The van der Waals surface area contributed by atoms with Crippen molar-refractivity contribution in [2.45, 2.75) is 0 Å². The van der Waals surface area contributed by atoms with Crippen LogP contribution >= 0.6 is 0 Å². The van der Waals surface area contributed by atoms with Gasteiger partial charge in [0, 0.05) is 19.2 Å². The molecule has 0 aliphatic heterocycles. The number of carbonyl (C=O) groups is 1. The average molecular weight is 255 g/mol. The fourth-order valence-corrected chi connectivity index (χ4v) is 1.41. The van der Waals surface area contributed by atoms with Crippen molar-refractivity contribution in [1.29, 1.82) is 0 Å². The van der Waals surface area contributed by atoms with E-state index < -0.39 is 11.7 Å². The van der Waals surface area contributed by atoms with Crippen LogP contribution in [0.15, 0.2) is 12.1 Å². The molecule has 1 aromatic rings. The number of nitrogen functional groups attached to an aromatic ring is 1. The van der Waals surface area contributed by atoms with E-state index in [9.17, 15) is 9.18 Å². The Morgan fingerprint density at radius 1 is 1.50 bits per heavy atom. The Kier molecular flexibility index (Phi) is 4.91. The lowest BCUT2D eigenvalue weighted by Gasteiger charge is -2.12. The van der Waals surface area contributed by atoms with Crippen LogP contribution in [-0.2, 0) is 0 Å². The Bertz CT molecular complexity index is 436. The van der Waals surface area contributed by atoms with E-state index in [1.54, 1.807) is 0 Å². The first-order chi connectivity index (χ1) is 8.45. The zero-order valence-corrected chi connectivity index (χ0v) is 10.8.